The number of rotatable bonds is 5. The van der Waals surface area contributed by atoms with Gasteiger partial charge in [0.1, 0.15) is 6.33 Å². The average molecular weight is 246 g/mol. The van der Waals surface area contributed by atoms with Gasteiger partial charge in [0.15, 0.2) is 5.82 Å². The molecule has 0 amide bonds. The van der Waals surface area contributed by atoms with Crippen molar-refractivity contribution in [2.45, 2.75) is 26.5 Å². The van der Waals surface area contributed by atoms with E-state index in [1.54, 1.807) is 11.0 Å². The number of hydrogen-bond acceptors (Lipinski definition) is 4. The average Bonchev–Trinajstić information content (AvgIpc) is 2.77. The molecule has 0 radical (unpaired) electrons. The summed E-state index contributed by atoms with van der Waals surface area (Å²) in [6, 6.07) is 7.55. The summed E-state index contributed by atoms with van der Waals surface area (Å²) in [6.07, 6.45) is 1.95. The molecule has 0 aliphatic rings. The van der Waals surface area contributed by atoms with Crippen molar-refractivity contribution in [3.63, 3.8) is 0 Å². The van der Waals surface area contributed by atoms with E-state index in [9.17, 15) is 0 Å². The SMILES string of the molecule is CC(C)OCCn1cnc(-c2cccc(N)c2)n1. The van der Waals surface area contributed by atoms with Crippen LogP contribution in [-0.2, 0) is 11.3 Å². The van der Waals surface area contributed by atoms with Crippen molar-refractivity contribution in [2.75, 3.05) is 12.3 Å². The minimum absolute atomic E-state index is 0.238. The first-order valence-corrected chi connectivity index (χ1v) is 6.02. The Hall–Kier alpha value is -1.88. The molecule has 1 aromatic carbocycles. The molecule has 5 nitrogen and oxygen atoms in total. The lowest BCUT2D eigenvalue weighted by atomic mass is 10.2. The fourth-order valence-corrected chi connectivity index (χ4v) is 1.59. The summed E-state index contributed by atoms with van der Waals surface area (Å²) in [5.41, 5.74) is 7.38. The Bertz CT molecular complexity index is 507. The van der Waals surface area contributed by atoms with E-state index in [1.165, 1.54) is 0 Å². The van der Waals surface area contributed by atoms with Crippen LogP contribution in [0.25, 0.3) is 11.4 Å². The highest BCUT2D eigenvalue weighted by Crippen LogP contribution is 2.16. The van der Waals surface area contributed by atoms with E-state index in [1.807, 2.05) is 38.1 Å². The normalized spacial score (nSPS) is 11.1. The largest absolute Gasteiger partial charge is 0.399 e. The fourth-order valence-electron chi connectivity index (χ4n) is 1.59. The first kappa shape index (κ1) is 12.6. The summed E-state index contributed by atoms with van der Waals surface area (Å²) < 4.78 is 7.25. The summed E-state index contributed by atoms with van der Waals surface area (Å²) in [6.45, 7) is 5.36. The lowest BCUT2D eigenvalue weighted by Gasteiger charge is -2.06. The van der Waals surface area contributed by atoms with Gasteiger partial charge in [0, 0.05) is 11.3 Å². The Morgan fingerprint density at radius 3 is 2.94 bits per heavy atom. The maximum absolute atomic E-state index is 5.73. The minimum Gasteiger partial charge on any atom is -0.399 e. The zero-order chi connectivity index (χ0) is 13.0. The standard InChI is InChI=1S/C13H18N4O/c1-10(2)18-7-6-17-9-15-13(16-17)11-4-3-5-12(14)8-11/h3-5,8-10H,6-7,14H2,1-2H3. The second kappa shape index (κ2) is 5.64. The molecule has 0 unspecified atom stereocenters. The number of nitrogens with zero attached hydrogens (tertiary/aromatic N) is 3. The highest BCUT2D eigenvalue weighted by atomic mass is 16.5. The van der Waals surface area contributed by atoms with Crippen LogP contribution in [0.2, 0.25) is 0 Å². The smallest absolute Gasteiger partial charge is 0.181 e. The molecule has 2 aromatic rings. The second-order valence-corrected chi connectivity index (χ2v) is 4.38. The molecule has 2 rings (SSSR count). The van der Waals surface area contributed by atoms with E-state index >= 15 is 0 Å². The van der Waals surface area contributed by atoms with Gasteiger partial charge in [-0.05, 0) is 26.0 Å². The van der Waals surface area contributed by atoms with Crippen molar-refractivity contribution in [1.82, 2.24) is 14.8 Å². The Morgan fingerprint density at radius 2 is 2.22 bits per heavy atom. The van der Waals surface area contributed by atoms with Crippen molar-refractivity contribution < 1.29 is 4.74 Å². The van der Waals surface area contributed by atoms with Crippen LogP contribution in [-0.4, -0.2) is 27.5 Å². The molecule has 1 heterocycles. The summed E-state index contributed by atoms with van der Waals surface area (Å²) in [7, 11) is 0. The Balaban J connectivity index is 2.02. The topological polar surface area (TPSA) is 66.0 Å². The van der Waals surface area contributed by atoms with Crippen LogP contribution in [0.15, 0.2) is 30.6 Å². The van der Waals surface area contributed by atoms with Gasteiger partial charge >= 0.3 is 0 Å². The van der Waals surface area contributed by atoms with Gasteiger partial charge in [0.2, 0.25) is 0 Å². The predicted molar refractivity (Wildman–Crippen MR) is 71.0 cm³/mol. The third-order valence-corrected chi connectivity index (χ3v) is 2.45. The van der Waals surface area contributed by atoms with Crippen LogP contribution >= 0.6 is 0 Å². The van der Waals surface area contributed by atoms with Crippen molar-refractivity contribution in [1.29, 1.82) is 0 Å². The van der Waals surface area contributed by atoms with Crippen molar-refractivity contribution >= 4 is 5.69 Å². The van der Waals surface area contributed by atoms with E-state index in [0.29, 0.717) is 24.7 Å². The summed E-state index contributed by atoms with van der Waals surface area (Å²) in [5.74, 6) is 0.687. The maximum Gasteiger partial charge on any atom is 0.181 e. The monoisotopic (exact) mass is 246 g/mol. The van der Waals surface area contributed by atoms with E-state index in [4.69, 9.17) is 10.5 Å². The van der Waals surface area contributed by atoms with Crippen LogP contribution in [0.1, 0.15) is 13.8 Å². The number of aromatic nitrogens is 3. The van der Waals surface area contributed by atoms with Gasteiger partial charge in [-0.15, -0.1) is 0 Å². The van der Waals surface area contributed by atoms with Crippen molar-refractivity contribution in [2.24, 2.45) is 0 Å². The molecule has 0 saturated heterocycles. The van der Waals surface area contributed by atoms with E-state index < -0.39 is 0 Å². The summed E-state index contributed by atoms with van der Waals surface area (Å²) in [4.78, 5) is 4.27. The lowest BCUT2D eigenvalue weighted by molar-refractivity contribution is 0.0709. The van der Waals surface area contributed by atoms with E-state index in [2.05, 4.69) is 10.1 Å². The third-order valence-electron chi connectivity index (χ3n) is 2.45. The summed E-state index contributed by atoms with van der Waals surface area (Å²) >= 11 is 0. The molecule has 18 heavy (non-hydrogen) atoms. The van der Waals surface area contributed by atoms with Crippen LogP contribution < -0.4 is 5.73 Å². The van der Waals surface area contributed by atoms with E-state index in [-0.39, 0.29) is 6.10 Å². The van der Waals surface area contributed by atoms with Gasteiger partial charge < -0.3 is 10.5 Å². The maximum atomic E-state index is 5.73. The lowest BCUT2D eigenvalue weighted by Crippen LogP contribution is -2.10. The number of benzene rings is 1. The highest BCUT2D eigenvalue weighted by molar-refractivity contribution is 5.60. The Kier molecular flexibility index (Phi) is 3.94. The van der Waals surface area contributed by atoms with Crippen molar-refractivity contribution in [3.8, 4) is 11.4 Å². The quantitative estimate of drug-likeness (QED) is 0.819. The molecule has 5 heteroatoms. The third kappa shape index (κ3) is 3.30. The molecule has 0 spiro atoms. The van der Waals surface area contributed by atoms with Crippen LogP contribution in [0.3, 0.4) is 0 Å². The first-order valence-electron chi connectivity index (χ1n) is 6.02. The number of ether oxygens (including phenoxy) is 1. The van der Waals surface area contributed by atoms with Gasteiger partial charge in [-0.2, -0.15) is 5.10 Å². The minimum atomic E-state index is 0.238. The molecule has 1 aromatic heterocycles. The molecule has 0 fully saturated rings. The van der Waals surface area contributed by atoms with Crippen molar-refractivity contribution in [3.05, 3.63) is 30.6 Å². The number of anilines is 1. The number of nitrogen functional groups attached to an aromatic ring is 1. The molecule has 0 saturated carbocycles. The van der Waals surface area contributed by atoms with Gasteiger partial charge in [0.05, 0.1) is 19.3 Å². The van der Waals surface area contributed by atoms with Crippen LogP contribution in [0.4, 0.5) is 5.69 Å². The Morgan fingerprint density at radius 1 is 1.39 bits per heavy atom. The highest BCUT2D eigenvalue weighted by Gasteiger charge is 2.04. The van der Waals surface area contributed by atoms with E-state index in [0.717, 1.165) is 5.56 Å². The molecule has 0 aliphatic heterocycles. The van der Waals surface area contributed by atoms with Gasteiger partial charge in [-0.25, -0.2) is 4.98 Å². The zero-order valence-electron chi connectivity index (χ0n) is 10.7. The predicted octanol–water partition coefficient (Wildman–Crippen LogP) is 1.95. The molecular weight excluding hydrogens is 228 g/mol. The second-order valence-electron chi connectivity index (χ2n) is 4.38. The molecule has 0 bridgehead atoms. The molecule has 0 atom stereocenters. The van der Waals surface area contributed by atoms with Crippen LogP contribution in [0, 0.1) is 0 Å². The number of nitrogens with two attached hydrogens (primary N) is 1. The molecule has 2 N–H and O–H groups in total. The molecular formula is C13H18N4O. The summed E-state index contributed by atoms with van der Waals surface area (Å²) in [5, 5.41) is 4.39. The molecule has 96 valence electrons. The fraction of sp³-hybridized carbons (Fsp3) is 0.385. The van der Waals surface area contributed by atoms with Gasteiger partial charge in [0.25, 0.3) is 0 Å². The Labute approximate surface area is 107 Å². The van der Waals surface area contributed by atoms with Gasteiger partial charge in [-0.3, -0.25) is 4.68 Å². The number of hydrogen-bond donors (Lipinski definition) is 1. The zero-order valence-corrected chi connectivity index (χ0v) is 10.7. The first-order chi connectivity index (χ1) is 8.65. The molecule has 0 aliphatic carbocycles. The van der Waals surface area contributed by atoms with Crippen LogP contribution in [0.5, 0.6) is 0 Å². The van der Waals surface area contributed by atoms with Gasteiger partial charge in [-0.1, -0.05) is 12.1 Å².